The lowest BCUT2D eigenvalue weighted by Crippen LogP contribution is -2.15. The molecule has 0 spiro atoms. The molecule has 2 heterocycles. The zero-order valence-electron chi connectivity index (χ0n) is 9.45. The summed E-state index contributed by atoms with van der Waals surface area (Å²) in [5, 5.41) is 5.25. The van der Waals surface area contributed by atoms with E-state index in [2.05, 4.69) is 10.3 Å². The molecule has 1 N–H and O–H groups in total. The molecular weight excluding hydrogens is 260 g/mol. The van der Waals surface area contributed by atoms with E-state index in [1.54, 1.807) is 0 Å². The van der Waals surface area contributed by atoms with Gasteiger partial charge in [0, 0.05) is 18.4 Å². The maximum absolute atomic E-state index is 11.6. The van der Waals surface area contributed by atoms with Crippen molar-refractivity contribution in [3.63, 3.8) is 0 Å². The van der Waals surface area contributed by atoms with E-state index in [4.69, 9.17) is 16.3 Å². The van der Waals surface area contributed by atoms with Gasteiger partial charge in [0.15, 0.2) is 5.13 Å². The maximum Gasteiger partial charge on any atom is 0.226 e. The summed E-state index contributed by atoms with van der Waals surface area (Å²) in [6.07, 6.45) is 3.72. The Balaban J connectivity index is 1.72. The van der Waals surface area contributed by atoms with Gasteiger partial charge in [-0.15, -0.1) is 22.9 Å². The Kier molecular flexibility index (Phi) is 4.76. The van der Waals surface area contributed by atoms with Crippen LogP contribution in [0.3, 0.4) is 0 Å². The summed E-state index contributed by atoms with van der Waals surface area (Å²) in [6, 6.07) is 0. The lowest BCUT2D eigenvalue weighted by atomic mass is 10.1. The van der Waals surface area contributed by atoms with Crippen LogP contribution in [-0.2, 0) is 15.4 Å². The third-order valence-corrected chi connectivity index (χ3v) is 3.73. The number of nitrogens with one attached hydrogen (secondary N) is 1. The molecule has 17 heavy (non-hydrogen) atoms. The number of rotatable bonds is 5. The molecule has 1 saturated heterocycles. The minimum atomic E-state index is -0.00373. The van der Waals surface area contributed by atoms with Crippen LogP contribution in [0.5, 0.6) is 0 Å². The van der Waals surface area contributed by atoms with Gasteiger partial charge in [-0.1, -0.05) is 0 Å². The monoisotopic (exact) mass is 274 g/mol. The highest BCUT2D eigenvalue weighted by molar-refractivity contribution is 7.13. The number of anilines is 1. The highest BCUT2D eigenvalue weighted by Crippen LogP contribution is 2.19. The molecule has 4 nitrogen and oxygen atoms in total. The maximum atomic E-state index is 11.6. The third kappa shape index (κ3) is 3.94. The number of hydrogen-bond acceptors (Lipinski definition) is 4. The number of ether oxygens (including phenoxy) is 1. The van der Waals surface area contributed by atoms with E-state index in [1.165, 1.54) is 11.3 Å². The molecule has 0 saturated carbocycles. The number of nitrogens with zero attached hydrogens (tertiary/aromatic N) is 1. The predicted molar refractivity (Wildman–Crippen MR) is 68.5 cm³/mol. The third-order valence-electron chi connectivity index (χ3n) is 2.65. The molecular formula is C11H15ClN2O2S. The highest BCUT2D eigenvalue weighted by Gasteiger charge is 2.17. The van der Waals surface area contributed by atoms with Crippen molar-refractivity contribution < 1.29 is 9.53 Å². The molecule has 94 valence electrons. The van der Waals surface area contributed by atoms with Gasteiger partial charge in [-0.25, -0.2) is 4.98 Å². The minimum Gasteiger partial charge on any atom is -0.378 e. The standard InChI is InChI=1S/C11H15ClN2O2S/c12-6-8-7-17-11(13-8)14-10(15)4-3-9-2-1-5-16-9/h7,9H,1-6H2,(H,13,14,15). The van der Waals surface area contributed by atoms with Crippen molar-refractivity contribution in [1.82, 2.24) is 4.98 Å². The summed E-state index contributed by atoms with van der Waals surface area (Å²) in [5.41, 5.74) is 0.797. The van der Waals surface area contributed by atoms with Crippen molar-refractivity contribution >= 4 is 34.0 Å². The second kappa shape index (κ2) is 6.33. The molecule has 0 aromatic carbocycles. The topological polar surface area (TPSA) is 51.2 Å². The first-order valence-corrected chi connectivity index (χ1v) is 7.11. The van der Waals surface area contributed by atoms with E-state index in [0.717, 1.165) is 31.6 Å². The first-order valence-electron chi connectivity index (χ1n) is 5.70. The molecule has 0 bridgehead atoms. The fraction of sp³-hybridized carbons (Fsp3) is 0.636. The number of halogens is 1. The van der Waals surface area contributed by atoms with Crippen LogP contribution in [0.1, 0.15) is 31.4 Å². The Hall–Kier alpha value is -0.650. The van der Waals surface area contributed by atoms with E-state index < -0.39 is 0 Å². The van der Waals surface area contributed by atoms with Crippen LogP contribution >= 0.6 is 22.9 Å². The number of thiazole rings is 1. The molecule has 1 atom stereocenters. The Morgan fingerprint density at radius 3 is 3.24 bits per heavy atom. The molecule has 1 aliphatic heterocycles. The van der Waals surface area contributed by atoms with Crippen molar-refractivity contribution in [2.24, 2.45) is 0 Å². The van der Waals surface area contributed by atoms with Crippen LogP contribution in [0.25, 0.3) is 0 Å². The average Bonchev–Trinajstić information content (AvgIpc) is 2.97. The molecule has 1 fully saturated rings. The van der Waals surface area contributed by atoms with E-state index >= 15 is 0 Å². The summed E-state index contributed by atoms with van der Waals surface area (Å²) in [7, 11) is 0. The largest absolute Gasteiger partial charge is 0.378 e. The Morgan fingerprint density at radius 1 is 1.71 bits per heavy atom. The lowest BCUT2D eigenvalue weighted by molar-refractivity contribution is -0.116. The highest BCUT2D eigenvalue weighted by atomic mass is 35.5. The molecule has 1 amide bonds. The van der Waals surface area contributed by atoms with Gasteiger partial charge < -0.3 is 10.1 Å². The second-order valence-corrected chi connectivity index (χ2v) is 5.12. The fourth-order valence-corrected chi connectivity index (χ4v) is 2.73. The summed E-state index contributed by atoms with van der Waals surface area (Å²) in [4.78, 5) is 15.8. The van der Waals surface area contributed by atoms with E-state index in [-0.39, 0.29) is 12.0 Å². The quantitative estimate of drug-likeness (QED) is 0.840. The van der Waals surface area contributed by atoms with Crippen LogP contribution in [0.15, 0.2) is 5.38 Å². The number of hydrogen-bond donors (Lipinski definition) is 1. The Labute approximate surface area is 109 Å². The number of alkyl halides is 1. The van der Waals surface area contributed by atoms with Gasteiger partial charge in [-0.05, 0) is 19.3 Å². The van der Waals surface area contributed by atoms with Crippen molar-refractivity contribution in [1.29, 1.82) is 0 Å². The van der Waals surface area contributed by atoms with E-state index in [9.17, 15) is 4.79 Å². The van der Waals surface area contributed by atoms with Gasteiger partial charge in [-0.3, -0.25) is 4.79 Å². The zero-order valence-corrected chi connectivity index (χ0v) is 11.0. The molecule has 1 aromatic rings. The first kappa shape index (κ1) is 12.8. The van der Waals surface area contributed by atoms with Gasteiger partial charge in [0.1, 0.15) is 0 Å². The second-order valence-electron chi connectivity index (χ2n) is 4.00. The summed E-state index contributed by atoms with van der Waals surface area (Å²) < 4.78 is 5.46. The smallest absolute Gasteiger partial charge is 0.226 e. The summed E-state index contributed by atoms with van der Waals surface area (Å²) in [6.45, 7) is 0.831. The van der Waals surface area contributed by atoms with Gasteiger partial charge in [0.05, 0.1) is 17.7 Å². The molecule has 1 aromatic heterocycles. The summed E-state index contributed by atoms with van der Waals surface area (Å²) >= 11 is 7.04. The zero-order chi connectivity index (χ0) is 12.1. The Morgan fingerprint density at radius 2 is 2.59 bits per heavy atom. The van der Waals surface area contributed by atoms with Crippen molar-refractivity contribution in [3.8, 4) is 0 Å². The Bertz CT molecular complexity index is 377. The first-order chi connectivity index (χ1) is 8.28. The average molecular weight is 275 g/mol. The normalized spacial score (nSPS) is 19.5. The predicted octanol–water partition coefficient (Wildman–Crippen LogP) is 2.78. The van der Waals surface area contributed by atoms with Crippen molar-refractivity contribution in [2.45, 2.75) is 37.7 Å². The van der Waals surface area contributed by atoms with Crippen LogP contribution in [0.2, 0.25) is 0 Å². The van der Waals surface area contributed by atoms with E-state index in [1.807, 2.05) is 5.38 Å². The van der Waals surface area contributed by atoms with Gasteiger partial charge in [-0.2, -0.15) is 0 Å². The van der Waals surface area contributed by atoms with Crippen molar-refractivity contribution in [3.05, 3.63) is 11.1 Å². The molecule has 1 aliphatic rings. The summed E-state index contributed by atoms with van der Waals surface area (Å²) in [5.74, 6) is 0.374. The van der Waals surface area contributed by atoms with Crippen LogP contribution in [-0.4, -0.2) is 23.6 Å². The van der Waals surface area contributed by atoms with Gasteiger partial charge >= 0.3 is 0 Å². The fourth-order valence-electron chi connectivity index (χ4n) is 1.77. The molecule has 2 rings (SSSR count). The van der Waals surface area contributed by atoms with Gasteiger partial charge in [0.2, 0.25) is 5.91 Å². The van der Waals surface area contributed by atoms with Crippen LogP contribution in [0, 0.1) is 0 Å². The number of aromatic nitrogens is 1. The molecule has 0 radical (unpaired) electrons. The van der Waals surface area contributed by atoms with Gasteiger partial charge in [0.25, 0.3) is 0 Å². The molecule has 6 heteroatoms. The number of carbonyl (C=O) groups excluding carboxylic acids is 1. The molecule has 0 aliphatic carbocycles. The number of carbonyl (C=O) groups is 1. The van der Waals surface area contributed by atoms with Crippen molar-refractivity contribution in [2.75, 3.05) is 11.9 Å². The lowest BCUT2D eigenvalue weighted by Gasteiger charge is -2.07. The molecule has 1 unspecified atom stereocenters. The SMILES string of the molecule is O=C(CCC1CCCO1)Nc1nc(CCl)cs1. The van der Waals surface area contributed by atoms with Crippen LogP contribution < -0.4 is 5.32 Å². The van der Waals surface area contributed by atoms with E-state index in [0.29, 0.717) is 17.4 Å². The minimum absolute atomic E-state index is 0.00373. The number of amides is 1. The van der Waals surface area contributed by atoms with Crippen LogP contribution in [0.4, 0.5) is 5.13 Å².